The molecule has 132 valence electrons. The van der Waals surface area contributed by atoms with Gasteiger partial charge in [-0.3, -0.25) is 9.59 Å². The molecule has 1 fully saturated rings. The van der Waals surface area contributed by atoms with Crippen LogP contribution in [-0.2, 0) is 9.59 Å². The number of hydrogen-bond acceptors (Lipinski definition) is 3. The molecule has 1 heterocycles. The SMILES string of the molecule is CC(=O)N1CCN(C(=O)C(C)Oc2ccc3cc(Br)ccc3c2)CC1. The molecule has 6 heteroatoms. The van der Waals surface area contributed by atoms with Crippen molar-refractivity contribution in [2.45, 2.75) is 20.0 Å². The van der Waals surface area contributed by atoms with Gasteiger partial charge in [0.05, 0.1) is 0 Å². The molecule has 0 aromatic heterocycles. The summed E-state index contributed by atoms with van der Waals surface area (Å²) in [7, 11) is 0. The van der Waals surface area contributed by atoms with Gasteiger partial charge in [0.25, 0.3) is 5.91 Å². The molecule has 3 rings (SSSR count). The zero-order valence-corrected chi connectivity index (χ0v) is 16.0. The molecule has 1 unspecified atom stereocenters. The predicted molar refractivity (Wildman–Crippen MR) is 101 cm³/mol. The number of carbonyl (C=O) groups is 2. The Hall–Kier alpha value is -2.08. The molecule has 0 spiro atoms. The van der Waals surface area contributed by atoms with Gasteiger partial charge in [0.15, 0.2) is 6.10 Å². The van der Waals surface area contributed by atoms with Gasteiger partial charge in [0.1, 0.15) is 5.75 Å². The van der Waals surface area contributed by atoms with E-state index in [1.165, 1.54) is 0 Å². The minimum atomic E-state index is -0.559. The molecule has 25 heavy (non-hydrogen) atoms. The Morgan fingerprint density at radius 2 is 1.60 bits per heavy atom. The van der Waals surface area contributed by atoms with Crippen LogP contribution in [-0.4, -0.2) is 53.9 Å². The monoisotopic (exact) mass is 404 g/mol. The normalized spacial score (nSPS) is 16.0. The number of benzene rings is 2. The van der Waals surface area contributed by atoms with Crippen LogP contribution in [0, 0.1) is 0 Å². The van der Waals surface area contributed by atoms with Crippen LogP contribution in [0.1, 0.15) is 13.8 Å². The van der Waals surface area contributed by atoms with E-state index in [0.717, 1.165) is 15.2 Å². The molecule has 1 atom stereocenters. The Morgan fingerprint density at radius 1 is 1.00 bits per heavy atom. The number of carbonyl (C=O) groups excluding carboxylic acids is 2. The van der Waals surface area contributed by atoms with Crippen molar-refractivity contribution in [2.75, 3.05) is 26.2 Å². The first-order chi connectivity index (χ1) is 11.9. The van der Waals surface area contributed by atoms with Gasteiger partial charge in [-0.2, -0.15) is 0 Å². The van der Waals surface area contributed by atoms with Crippen LogP contribution in [0.3, 0.4) is 0 Å². The van der Waals surface area contributed by atoms with Crippen molar-refractivity contribution in [3.8, 4) is 5.75 Å². The first kappa shape index (κ1) is 17.7. The fourth-order valence-electron chi connectivity index (χ4n) is 3.02. The summed E-state index contributed by atoms with van der Waals surface area (Å²) in [4.78, 5) is 27.5. The highest BCUT2D eigenvalue weighted by Crippen LogP contribution is 2.25. The second kappa shape index (κ2) is 7.44. The van der Waals surface area contributed by atoms with E-state index in [9.17, 15) is 9.59 Å². The summed E-state index contributed by atoms with van der Waals surface area (Å²) < 4.78 is 6.89. The molecule has 2 aromatic rings. The average Bonchev–Trinajstić information content (AvgIpc) is 2.61. The Balaban J connectivity index is 1.63. The smallest absolute Gasteiger partial charge is 0.263 e. The van der Waals surface area contributed by atoms with E-state index in [1.807, 2.05) is 36.4 Å². The summed E-state index contributed by atoms with van der Waals surface area (Å²) in [5.41, 5.74) is 0. The summed E-state index contributed by atoms with van der Waals surface area (Å²) in [6.07, 6.45) is -0.559. The third kappa shape index (κ3) is 4.12. The molecule has 0 bridgehead atoms. The summed E-state index contributed by atoms with van der Waals surface area (Å²) in [5.74, 6) is 0.691. The van der Waals surface area contributed by atoms with Gasteiger partial charge in [-0.05, 0) is 42.0 Å². The molecule has 2 amide bonds. The lowest BCUT2D eigenvalue weighted by molar-refractivity contribution is -0.143. The van der Waals surface area contributed by atoms with Gasteiger partial charge in [0.2, 0.25) is 5.91 Å². The van der Waals surface area contributed by atoms with Crippen molar-refractivity contribution in [3.63, 3.8) is 0 Å². The molecular formula is C19H21BrN2O3. The summed E-state index contributed by atoms with van der Waals surface area (Å²) in [5, 5.41) is 2.18. The number of amides is 2. The number of halogens is 1. The van der Waals surface area contributed by atoms with Gasteiger partial charge in [-0.25, -0.2) is 0 Å². The number of piperazine rings is 1. The molecule has 5 nitrogen and oxygen atoms in total. The maximum Gasteiger partial charge on any atom is 0.263 e. The maximum atomic E-state index is 12.6. The highest BCUT2D eigenvalue weighted by atomic mass is 79.9. The molecule has 0 aliphatic carbocycles. The molecule has 1 saturated heterocycles. The zero-order chi connectivity index (χ0) is 18.0. The lowest BCUT2D eigenvalue weighted by atomic mass is 10.1. The van der Waals surface area contributed by atoms with E-state index < -0.39 is 6.10 Å². The van der Waals surface area contributed by atoms with E-state index in [-0.39, 0.29) is 11.8 Å². The van der Waals surface area contributed by atoms with Gasteiger partial charge in [-0.15, -0.1) is 0 Å². The Morgan fingerprint density at radius 3 is 2.28 bits per heavy atom. The molecule has 0 saturated carbocycles. The van der Waals surface area contributed by atoms with E-state index in [1.54, 1.807) is 23.6 Å². The quantitative estimate of drug-likeness (QED) is 0.789. The van der Waals surface area contributed by atoms with Crippen LogP contribution < -0.4 is 4.74 Å². The first-order valence-corrected chi connectivity index (χ1v) is 9.13. The van der Waals surface area contributed by atoms with Crippen molar-refractivity contribution in [1.82, 2.24) is 9.80 Å². The molecule has 1 aliphatic rings. The number of ether oxygens (including phenoxy) is 1. The van der Waals surface area contributed by atoms with Gasteiger partial charge in [-0.1, -0.05) is 28.1 Å². The van der Waals surface area contributed by atoms with Crippen LogP contribution in [0.4, 0.5) is 0 Å². The van der Waals surface area contributed by atoms with Crippen molar-refractivity contribution in [1.29, 1.82) is 0 Å². The van der Waals surface area contributed by atoms with Crippen LogP contribution >= 0.6 is 15.9 Å². The number of fused-ring (bicyclic) bond motifs is 1. The van der Waals surface area contributed by atoms with Gasteiger partial charge >= 0.3 is 0 Å². The maximum absolute atomic E-state index is 12.6. The molecule has 0 radical (unpaired) electrons. The molecule has 2 aromatic carbocycles. The lowest BCUT2D eigenvalue weighted by Gasteiger charge is -2.35. The topological polar surface area (TPSA) is 49.9 Å². The van der Waals surface area contributed by atoms with Crippen LogP contribution in [0.25, 0.3) is 10.8 Å². The van der Waals surface area contributed by atoms with E-state index in [0.29, 0.717) is 31.9 Å². The van der Waals surface area contributed by atoms with Crippen LogP contribution in [0.15, 0.2) is 40.9 Å². The number of nitrogens with zero attached hydrogens (tertiary/aromatic N) is 2. The third-order valence-electron chi connectivity index (χ3n) is 4.47. The van der Waals surface area contributed by atoms with Crippen LogP contribution in [0.5, 0.6) is 5.75 Å². The highest BCUT2D eigenvalue weighted by molar-refractivity contribution is 9.10. The number of hydrogen-bond donors (Lipinski definition) is 0. The van der Waals surface area contributed by atoms with Crippen molar-refractivity contribution < 1.29 is 14.3 Å². The average molecular weight is 405 g/mol. The molecule has 1 aliphatic heterocycles. The number of rotatable bonds is 3. The zero-order valence-electron chi connectivity index (χ0n) is 14.4. The minimum Gasteiger partial charge on any atom is -0.481 e. The summed E-state index contributed by atoms with van der Waals surface area (Å²) >= 11 is 3.46. The molecule has 0 N–H and O–H groups in total. The first-order valence-electron chi connectivity index (χ1n) is 8.34. The third-order valence-corrected chi connectivity index (χ3v) is 4.96. The fourth-order valence-corrected chi connectivity index (χ4v) is 3.40. The van der Waals surface area contributed by atoms with E-state index in [2.05, 4.69) is 15.9 Å². The van der Waals surface area contributed by atoms with Crippen molar-refractivity contribution in [3.05, 3.63) is 40.9 Å². The second-order valence-corrected chi connectivity index (χ2v) is 7.16. The summed E-state index contributed by atoms with van der Waals surface area (Å²) in [6, 6.07) is 11.8. The minimum absolute atomic E-state index is 0.0425. The Kier molecular flexibility index (Phi) is 5.27. The standard InChI is InChI=1S/C19H21BrN2O3/c1-13(19(24)22-9-7-21(8-10-22)14(2)23)25-18-6-4-15-11-17(20)5-3-16(15)12-18/h3-6,11-13H,7-10H2,1-2H3. The van der Waals surface area contributed by atoms with Crippen LogP contribution in [0.2, 0.25) is 0 Å². The van der Waals surface area contributed by atoms with Crippen molar-refractivity contribution >= 4 is 38.5 Å². The van der Waals surface area contributed by atoms with Gasteiger partial charge < -0.3 is 14.5 Å². The highest BCUT2D eigenvalue weighted by Gasteiger charge is 2.26. The Labute approximate surface area is 155 Å². The Bertz CT molecular complexity index is 800. The fraction of sp³-hybridized carbons (Fsp3) is 0.368. The largest absolute Gasteiger partial charge is 0.481 e. The van der Waals surface area contributed by atoms with E-state index in [4.69, 9.17) is 4.74 Å². The van der Waals surface area contributed by atoms with Crippen molar-refractivity contribution in [2.24, 2.45) is 0 Å². The summed E-state index contributed by atoms with van der Waals surface area (Å²) in [6.45, 7) is 5.60. The van der Waals surface area contributed by atoms with E-state index >= 15 is 0 Å². The lowest BCUT2D eigenvalue weighted by Crippen LogP contribution is -2.52. The molecular weight excluding hydrogens is 384 g/mol. The van der Waals surface area contributed by atoms with Gasteiger partial charge in [0, 0.05) is 37.6 Å². The second-order valence-electron chi connectivity index (χ2n) is 6.24. The predicted octanol–water partition coefficient (Wildman–Crippen LogP) is 3.06.